The average molecular weight is 888 g/mol. The van der Waals surface area contributed by atoms with Gasteiger partial charge >= 0.3 is 0 Å². The molecule has 342 valence electrons. The molecule has 2 saturated heterocycles. The van der Waals surface area contributed by atoms with Crippen LogP contribution < -0.4 is 14.5 Å². The molecule has 3 amide bonds. The van der Waals surface area contributed by atoms with Crippen molar-refractivity contribution in [3.63, 3.8) is 0 Å². The quantitative estimate of drug-likeness (QED) is 0.0805. The van der Waals surface area contributed by atoms with Crippen LogP contribution in [0.5, 0.6) is 5.88 Å². The summed E-state index contributed by atoms with van der Waals surface area (Å²) in [6.07, 6.45) is 5.32. The Bertz CT molecular complexity index is 2140. The number of carbonyl (C=O) groups is 3. The molecule has 0 unspecified atom stereocenters. The van der Waals surface area contributed by atoms with Crippen molar-refractivity contribution in [3.05, 3.63) is 126 Å². The molecule has 2 fully saturated rings. The first-order chi connectivity index (χ1) is 30.6. The molecule has 12 nitrogen and oxygen atoms in total. The van der Waals surface area contributed by atoms with Crippen molar-refractivity contribution in [3.8, 4) is 5.88 Å². The maximum Gasteiger partial charge on any atom is 0.247 e. The van der Waals surface area contributed by atoms with Crippen molar-refractivity contribution in [2.75, 3.05) is 89.5 Å². The largest absolute Gasteiger partial charge is 0.481 e. The number of likely N-dealkylation sites (N-methyl/N-ethyl adjacent to an activating group) is 1. The molecule has 0 spiro atoms. The molecule has 2 aliphatic heterocycles. The van der Waals surface area contributed by atoms with E-state index in [0.29, 0.717) is 45.1 Å². The van der Waals surface area contributed by atoms with Crippen molar-refractivity contribution in [1.29, 1.82) is 0 Å². The SMILES string of the molecule is COc1ccc(/C=C\C(=O)N(Cc2ccc(N3CCN(C(C)=O)CC3)cc2)[C@@H](Cc2ccccc2)C(=O)N2CCN(Cc3ccc(N(C)CCO[Si](C)(C)C(C)(C)C)cc3)CC2)cn1. The van der Waals surface area contributed by atoms with Gasteiger partial charge in [-0.05, 0) is 76.8 Å². The fourth-order valence-corrected chi connectivity index (χ4v) is 8.94. The summed E-state index contributed by atoms with van der Waals surface area (Å²) in [4.78, 5) is 58.1. The molecule has 0 saturated carbocycles. The van der Waals surface area contributed by atoms with Crippen LogP contribution in [0, 0.1) is 0 Å². The van der Waals surface area contributed by atoms with Crippen molar-refractivity contribution in [1.82, 2.24) is 24.6 Å². The van der Waals surface area contributed by atoms with Crippen LogP contribution in [0.3, 0.4) is 0 Å². The molecular formula is C51H69N7O5Si. The van der Waals surface area contributed by atoms with Gasteiger partial charge in [-0.1, -0.05) is 75.4 Å². The van der Waals surface area contributed by atoms with Gasteiger partial charge in [-0.15, -0.1) is 0 Å². The summed E-state index contributed by atoms with van der Waals surface area (Å²) in [7, 11) is 1.89. The number of amides is 3. The zero-order chi connectivity index (χ0) is 45.9. The zero-order valence-corrected chi connectivity index (χ0v) is 40.3. The van der Waals surface area contributed by atoms with E-state index in [1.807, 2.05) is 58.3 Å². The second-order valence-electron chi connectivity index (χ2n) is 18.6. The number of ether oxygens (including phenoxy) is 1. The standard InChI is InChI=1S/C51H69N7O5Si/c1-40(59)55-30-32-56(33-31-55)46-22-16-44(17-23-46)39-58(49(60)25-19-42-18-24-48(62-6)52-37-42)47(36-41-12-10-9-11-13-41)50(61)57-28-26-54(27-29-57)38-43-14-20-45(21-15-43)53(5)34-35-63-64(7,8)51(2,3)4/h9-25,37,47H,26-36,38-39H2,1-8H3/b25-19-/t47-/m0/s1. The Morgan fingerprint density at radius 2 is 1.44 bits per heavy atom. The van der Waals surface area contributed by atoms with Gasteiger partial charge in [0.1, 0.15) is 6.04 Å². The molecule has 0 bridgehead atoms. The Balaban J connectivity index is 1.15. The average Bonchev–Trinajstić information content (AvgIpc) is 3.30. The van der Waals surface area contributed by atoms with Crippen molar-refractivity contribution in [2.45, 2.75) is 71.4 Å². The third-order valence-corrected chi connectivity index (χ3v) is 17.7. The predicted molar refractivity (Wildman–Crippen MR) is 260 cm³/mol. The number of hydrogen-bond acceptors (Lipinski definition) is 9. The van der Waals surface area contributed by atoms with Crippen LogP contribution in [0.25, 0.3) is 6.08 Å². The molecule has 0 N–H and O–H groups in total. The lowest BCUT2D eigenvalue weighted by Crippen LogP contribution is -2.56. The molecule has 0 radical (unpaired) electrons. The lowest BCUT2D eigenvalue weighted by molar-refractivity contribution is -0.145. The Hall–Kier alpha value is -5.50. The number of nitrogens with zero attached hydrogens (tertiary/aromatic N) is 7. The molecule has 3 aromatic carbocycles. The monoisotopic (exact) mass is 888 g/mol. The van der Waals surface area contributed by atoms with Crippen LogP contribution in [0.1, 0.15) is 49.9 Å². The molecule has 1 atom stereocenters. The van der Waals surface area contributed by atoms with E-state index in [1.165, 1.54) is 5.56 Å². The number of hydrogen-bond donors (Lipinski definition) is 0. The van der Waals surface area contributed by atoms with Gasteiger partial charge in [0, 0.05) is 122 Å². The lowest BCUT2D eigenvalue weighted by Gasteiger charge is -2.39. The second kappa shape index (κ2) is 21.9. The molecule has 3 heterocycles. The predicted octanol–water partition coefficient (Wildman–Crippen LogP) is 7.21. The van der Waals surface area contributed by atoms with Gasteiger partial charge in [0.15, 0.2) is 8.32 Å². The summed E-state index contributed by atoms with van der Waals surface area (Å²) >= 11 is 0. The number of rotatable bonds is 17. The smallest absolute Gasteiger partial charge is 0.247 e. The normalized spacial score (nSPS) is 15.6. The highest BCUT2D eigenvalue weighted by atomic mass is 28.4. The van der Waals surface area contributed by atoms with E-state index in [9.17, 15) is 14.4 Å². The van der Waals surface area contributed by atoms with E-state index in [0.717, 1.165) is 67.3 Å². The first kappa shape index (κ1) is 48.0. The van der Waals surface area contributed by atoms with Gasteiger partial charge in [0.05, 0.1) is 13.7 Å². The van der Waals surface area contributed by atoms with Crippen molar-refractivity contribution >= 4 is 43.5 Å². The molecule has 4 aromatic rings. The van der Waals surface area contributed by atoms with Crippen molar-refractivity contribution < 1.29 is 23.5 Å². The minimum Gasteiger partial charge on any atom is -0.481 e. The summed E-state index contributed by atoms with van der Waals surface area (Å²) < 4.78 is 11.6. The minimum absolute atomic E-state index is 0.0544. The zero-order valence-electron chi connectivity index (χ0n) is 39.3. The molecule has 13 heteroatoms. The number of pyridine rings is 1. The molecule has 1 aromatic heterocycles. The number of benzene rings is 3. The summed E-state index contributed by atoms with van der Waals surface area (Å²) in [5.74, 6) is 0.275. The minimum atomic E-state index is -1.79. The first-order valence-corrected chi connectivity index (χ1v) is 25.6. The fourth-order valence-electron chi connectivity index (χ4n) is 7.91. The Morgan fingerprint density at radius 1 is 0.797 bits per heavy atom. The Kier molecular flexibility index (Phi) is 16.4. The molecular weight excluding hydrogens is 819 g/mol. The molecule has 64 heavy (non-hydrogen) atoms. The third-order valence-electron chi connectivity index (χ3n) is 13.1. The van der Waals surface area contributed by atoms with Gasteiger partial charge in [0.2, 0.25) is 23.6 Å². The topological polar surface area (TPSA) is 102 Å². The van der Waals surface area contributed by atoms with E-state index in [1.54, 1.807) is 43.3 Å². The summed E-state index contributed by atoms with van der Waals surface area (Å²) in [6.45, 7) is 21.1. The van der Waals surface area contributed by atoms with Crippen LogP contribution in [0.2, 0.25) is 18.1 Å². The van der Waals surface area contributed by atoms with E-state index in [-0.39, 0.29) is 29.3 Å². The molecule has 0 aliphatic carbocycles. The van der Waals surface area contributed by atoms with Crippen LogP contribution in [0.15, 0.2) is 103 Å². The van der Waals surface area contributed by atoms with Gasteiger partial charge < -0.3 is 33.7 Å². The summed E-state index contributed by atoms with van der Waals surface area (Å²) in [5, 5.41) is 0.189. The Labute approximate surface area is 382 Å². The number of methoxy groups -OCH3 is 1. The van der Waals surface area contributed by atoms with Gasteiger partial charge in [-0.25, -0.2) is 4.98 Å². The number of anilines is 2. The first-order valence-electron chi connectivity index (χ1n) is 22.7. The van der Waals surface area contributed by atoms with Crippen LogP contribution in [-0.2, 0) is 38.3 Å². The van der Waals surface area contributed by atoms with Crippen molar-refractivity contribution in [2.24, 2.45) is 0 Å². The van der Waals surface area contributed by atoms with Gasteiger partial charge in [-0.2, -0.15) is 0 Å². The van der Waals surface area contributed by atoms with Crippen LogP contribution >= 0.6 is 0 Å². The number of piperazine rings is 2. The number of aromatic nitrogens is 1. The summed E-state index contributed by atoms with van der Waals surface area (Å²) in [5.41, 5.74) is 6.12. The fraction of sp³-hybridized carbons (Fsp3) is 0.451. The highest BCUT2D eigenvalue weighted by molar-refractivity contribution is 6.74. The molecule has 2 aliphatic rings. The van der Waals surface area contributed by atoms with E-state index in [4.69, 9.17) is 9.16 Å². The van der Waals surface area contributed by atoms with E-state index in [2.05, 4.69) is 97.0 Å². The van der Waals surface area contributed by atoms with Gasteiger partial charge in [0.25, 0.3) is 0 Å². The van der Waals surface area contributed by atoms with E-state index >= 15 is 0 Å². The van der Waals surface area contributed by atoms with E-state index < -0.39 is 14.4 Å². The highest BCUT2D eigenvalue weighted by Crippen LogP contribution is 2.36. The second-order valence-corrected chi connectivity index (χ2v) is 23.4. The maximum absolute atomic E-state index is 14.9. The van der Waals surface area contributed by atoms with Gasteiger partial charge in [-0.3, -0.25) is 19.3 Å². The third kappa shape index (κ3) is 13.0. The van der Waals surface area contributed by atoms with Crippen LogP contribution in [-0.4, -0.2) is 136 Å². The number of carbonyl (C=O) groups excluding carboxylic acids is 3. The van der Waals surface area contributed by atoms with Crippen LogP contribution in [0.4, 0.5) is 11.4 Å². The highest BCUT2D eigenvalue weighted by Gasteiger charge is 2.37. The lowest BCUT2D eigenvalue weighted by atomic mass is 10.0. The maximum atomic E-state index is 14.9. The molecule has 6 rings (SSSR count). The summed E-state index contributed by atoms with van der Waals surface area (Å²) in [6, 6.07) is 29.8. The Morgan fingerprint density at radius 3 is 2.03 bits per heavy atom.